The summed E-state index contributed by atoms with van der Waals surface area (Å²) in [5, 5.41) is 10.5. The van der Waals surface area contributed by atoms with Crippen LogP contribution in [-0.2, 0) is 0 Å². The predicted molar refractivity (Wildman–Crippen MR) is 97.5 cm³/mol. The van der Waals surface area contributed by atoms with E-state index >= 15 is 0 Å². The number of para-hydroxylation sites is 1. The van der Waals surface area contributed by atoms with Crippen LogP contribution in [0.15, 0.2) is 58.7 Å². The second kappa shape index (κ2) is 6.13. The molecular formula is C21H10F3NO3. The molecule has 0 radical (unpaired) electrons. The summed E-state index contributed by atoms with van der Waals surface area (Å²) < 4.78 is 40.4. The Morgan fingerprint density at radius 3 is 2.36 bits per heavy atom. The van der Waals surface area contributed by atoms with Gasteiger partial charge in [-0.1, -0.05) is 35.7 Å². The molecule has 7 heteroatoms. The predicted octanol–water partition coefficient (Wildman–Crippen LogP) is 4.24. The van der Waals surface area contributed by atoms with Gasteiger partial charge in [-0.3, -0.25) is 14.2 Å². The summed E-state index contributed by atoms with van der Waals surface area (Å²) in [5.74, 6) is -3.40. The number of pyridine rings is 1. The third-order valence-electron chi connectivity index (χ3n) is 4.42. The summed E-state index contributed by atoms with van der Waals surface area (Å²) >= 11 is 0. The molecule has 0 aliphatic heterocycles. The fourth-order valence-corrected chi connectivity index (χ4v) is 3.20. The molecule has 4 rings (SSSR count). The molecule has 28 heavy (non-hydrogen) atoms. The van der Waals surface area contributed by atoms with Crippen molar-refractivity contribution >= 4 is 28.8 Å². The number of benzene rings is 2. The minimum atomic E-state index is -5.32. The van der Waals surface area contributed by atoms with Crippen molar-refractivity contribution in [2.45, 2.75) is 6.18 Å². The molecule has 1 N–H and O–H groups in total. The number of carbonyl (C=O) groups excluding carboxylic acids is 1. The maximum atomic E-state index is 13.1. The van der Waals surface area contributed by atoms with E-state index in [1.165, 1.54) is 30.4 Å². The Morgan fingerprint density at radius 2 is 1.68 bits per heavy atom. The van der Waals surface area contributed by atoms with Crippen LogP contribution >= 0.6 is 0 Å². The van der Waals surface area contributed by atoms with Crippen LogP contribution < -0.4 is 5.56 Å². The van der Waals surface area contributed by atoms with Gasteiger partial charge in [0.1, 0.15) is 11.3 Å². The number of aromatic hydroxyl groups is 1. The van der Waals surface area contributed by atoms with Crippen LogP contribution in [0, 0.1) is 0 Å². The van der Waals surface area contributed by atoms with Crippen LogP contribution in [0.1, 0.15) is 21.5 Å². The molecule has 4 nitrogen and oxygen atoms in total. The SMILES string of the molecule is O=C(c1c(O)c2c3c(ccc2n(-c2ccccc2)c1=O)C=C=C=C3)C(F)(F)F. The monoisotopic (exact) mass is 381 g/mol. The van der Waals surface area contributed by atoms with E-state index in [1.807, 2.05) is 0 Å². The minimum absolute atomic E-state index is 0.0428. The number of carbonyl (C=O) groups is 1. The second-order valence-electron chi connectivity index (χ2n) is 6.07. The van der Waals surface area contributed by atoms with E-state index in [2.05, 4.69) is 11.5 Å². The lowest BCUT2D eigenvalue weighted by Crippen LogP contribution is -2.33. The lowest BCUT2D eigenvalue weighted by atomic mass is 9.96. The van der Waals surface area contributed by atoms with E-state index in [0.717, 1.165) is 4.57 Å². The Kier molecular flexibility index (Phi) is 3.86. The standard InChI is InChI=1S/C21H10F3NO3/c22-21(23,24)19(27)17-18(26)16-14-9-5-4-6-12(14)10-11-15(16)25(20(17)28)13-7-2-1-3-8-13/h1-3,6-11,26H. The van der Waals surface area contributed by atoms with Crippen LogP contribution in [0.25, 0.3) is 28.7 Å². The van der Waals surface area contributed by atoms with Gasteiger partial charge >= 0.3 is 6.18 Å². The number of Topliss-reactive ketones (excluding diaryl/α,β-unsaturated/α-hetero) is 1. The molecule has 1 aromatic heterocycles. The Hall–Kier alpha value is -3.79. The zero-order chi connectivity index (χ0) is 20.1. The molecule has 0 saturated heterocycles. The Labute approximate surface area is 155 Å². The lowest BCUT2D eigenvalue weighted by Gasteiger charge is -2.18. The number of fused-ring (bicyclic) bond motifs is 3. The summed E-state index contributed by atoms with van der Waals surface area (Å²) in [6.45, 7) is 0. The molecule has 0 fully saturated rings. The molecular weight excluding hydrogens is 371 g/mol. The first kappa shape index (κ1) is 17.6. The molecule has 0 saturated carbocycles. The van der Waals surface area contributed by atoms with E-state index in [1.54, 1.807) is 24.3 Å². The Bertz CT molecular complexity index is 1300. The topological polar surface area (TPSA) is 59.3 Å². The maximum Gasteiger partial charge on any atom is 0.455 e. The van der Waals surface area contributed by atoms with Gasteiger partial charge in [0.05, 0.1) is 5.52 Å². The number of halogens is 3. The summed E-state index contributed by atoms with van der Waals surface area (Å²) in [5.41, 5.74) is 4.16. The highest BCUT2D eigenvalue weighted by atomic mass is 19.4. The number of rotatable bonds is 2. The fourth-order valence-electron chi connectivity index (χ4n) is 3.20. The van der Waals surface area contributed by atoms with Crippen molar-refractivity contribution in [2.75, 3.05) is 0 Å². The number of alkyl halides is 3. The van der Waals surface area contributed by atoms with Crippen molar-refractivity contribution in [3.05, 3.63) is 81.0 Å². The van der Waals surface area contributed by atoms with Crippen LogP contribution in [0.4, 0.5) is 13.2 Å². The summed E-state index contributed by atoms with van der Waals surface area (Å²) in [4.78, 5) is 24.9. The number of nitrogens with zero attached hydrogens (tertiary/aromatic N) is 1. The fraction of sp³-hybridized carbons (Fsp3) is 0.0476. The van der Waals surface area contributed by atoms with E-state index in [-0.39, 0.29) is 16.6 Å². The molecule has 0 spiro atoms. The van der Waals surface area contributed by atoms with Crippen LogP contribution in [0.5, 0.6) is 5.75 Å². The highest BCUT2D eigenvalue weighted by molar-refractivity contribution is 6.09. The van der Waals surface area contributed by atoms with E-state index in [0.29, 0.717) is 11.1 Å². The normalized spacial score (nSPS) is 12.4. The summed E-state index contributed by atoms with van der Waals surface area (Å²) in [7, 11) is 0. The molecule has 1 aliphatic carbocycles. The highest BCUT2D eigenvalue weighted by Gasteiger charge is 2.43. The molecule has 1 heterocycles. The Morgan fingerprint density at radius 1 is 1.00 bits per heavy atom. The number of hydrogen-bond donors (Lipinski definition) is 1. The van der Waals surface area contributed by atoms with Gasteiger partial charge in [-0.15, -0.1) is 0 Å². The zero-order valence-corrected chi connectivity index (χ0v) is 14.0. The molecule has 0 atom stereocenters. The molecule has 0 unspecified atom stereocenters. The van der Waals surface area contributed by atoms with Gasteiger partial charge in [-0.25, -0.2) is 0 Å². The van der Waals surface area contributed by atoms with E-state index in [9.17, 15) is 27.9 Å². The van der Waals surface area contributed by atoms with Crippen molar-refractivity contribution in [3.63, 3.8) is 0 Å². The van der Waals surface area contributed by atoms with Gasteiger partial charge in [-0.2, -0.15) is 13.2 Å². The molecule has 2 aromatic carbocycles. The first-order chi connectivity index (χ1) is 13.3. The van der Waals surface area contributed by atoms with Gasteiger partial charge < -0.3 is 5.11 Å². The van der Waals surface area contributed by atoms with Crippen LogP contribution in [0.3, 0.4) is 0 Å². The number of aromatic nitrogens is 1. The first-order valence-corrected chi connectivity index (χ1v) is 8.10. The lowest BCUT2D eigenvalue weighted by molar-refractivity contribution is -0.0887. The summed E-state index contributed by atoms with van der Waals surface area (Å²) in [6, 6.07) is 11.1. The van der Waals surface area contributed by atoms with Crippen molar-refractivity contribution in [3.8, 4) is 11.4 Å². The van der Waals surface area contributed by atoms with E-state index in [4.69, 9.17) is 0 Å². The highest BCUT2D eigenvalue weighted by Crippen LogP contribution is 2.36. The third-order valence-corrected chi connectivity index (χ3v) is 4.42. The van der Waals surface area contributed by atoms with Gasteiger partial charge in [0.25, 0.3) is 11.3 Å². The number of hydrogen-bond acceptors (Lipinski definition) is 3. The largest absolute Gasteiger partial charge is 0.506 e. The molecule has 138 valence electrons. The van der Waals surface area contributed by atoms with Gasteiger partial charge in [0.2, 0.25) is 0 Å². The summed E-state index contributed by atoms with van der Waals surface area (Å²) in [6.07, 6.45) is -2.35. The van der Waals surface area contributed by atoms with Crippen molar-refractivity contribution < 1.29 is 23.1 Å². The second-order valence-corrected chi connectivity index (χ2v) is 6.07. The van der Waals surface area contributed by atoms with E-state index < -0.39 is 28.8 Å². The van der Waals surface area contributed by atoms with Crippen LogP contribution in [-0.4, -0.2) is 21.6 Å². The first-order valence-electron chi connectivity index (χ1n) is 8.10. The van der Waals surface area contributed by atoms with Gasteiger partial charge in [-0.05, 0) is 35.9 Å². The smallest absolute Gasteiger partial charge is 0.455 e. The molecule has 3 aromatic rings. The minimum Gasteiger partial charge on any atom is -0.506 e. The quantitative estimate of drug-likeness (QED) is 0.418. The average Bonchev–Trinajstić information content (AvgIpc) is 2.67. The third kappa shape index (κ3) is 2.58. The Balaban J connectivity index is 2.24. The maximum absolute atomic E-state index is 13.1. The molecule has 0 amide bonds. The van der Waals surface area contributed by atoms with Gasteiger partial charge in [0.15, 0.2) is 0 Å². The average molecular weight is 381 g/mol. The van der Waals surface area contributed by atoms with Gasteiger partial charge in [0, 0.05) is 16.6 Å². The zero-order valence-electron chi connectivity index (χ0n) is 14.0. The number of ketones is 1. The molecule has 0 bridgehead atoms. The van der Waals surface area contributed by atoms with Crippen molar-refractivity contribution in [2.24, 2.45) is 0 Å². The van der Waals surface area contributed by atoms with Crippen molar-refractivity contribution in [1.29, 1.82) is 0 Å². The van der Waals surface area contributed by atoms with Crippen LogP contribution in [0.2, 0.25) is 0 Å². The van der Waals surface area contributed by atoms with Crippen molar-refractivity contribution in [1.82, 2.24) is 4.57 Å². The molecule has 1 aliphatic rings.